The van der Waals surface area contributed by atoms with Crippen LogP contribution in [-0.2, 0) is 35.0 Å². The third kappa shape index (κ3) is 5.56. The number of alkyl halides is 3. The fraction of sp³-hybridized carbons (Fsp3) is 0.686. The number of halogens is 3. The Morgan fingerprint density at radius 1 is 1.07 bits per heavy atom. The lowest BCUT2D eigenvalue weighted by atomic mass is 9.57. The number of nitrogens with zero attached hydrogens (tertiary/aromatic N) is 2. The van der Waals surface area contributed by atoms with E-state index in [1.165, 1.54) is 13.0 Å². The molecule has 2 aromatic heterocycles. The second-order valence-electron chi connectivity index (χ2n) is 15.2. The molecule has 2 aliphatic carbocycles. The van der Waals surface area contributed by atoms with Gasteiger partial charge in [0.15, 0.2) is 0 Å². The number of hydrogen-bond donors (Lipinski definition) is 0. The Morgan fingerprint density at radius 2 is 1.74 bits per heavy atom. The van der Waals surface area contributed by atoms with E-state index < -0.39 is 39.9 Å². The molecule has 0 N–H and O–H groups in total. The molecule has 2 aromatic rings. The van der Waals surface area contributed by atoms with Gasteiger partial charge >= 0.3 is 12.1 Å². The molecule has 2 aliphatic heterocycles. The predicted molar refractivity (Wildman–Crippen MR) is 171 cm³/mol. The van der Waals surface area contributed by atoms with Gasteiger partial charge in [-0.1, -0.05) is 41.0 Å². The third-order valence-corrected chi connectivity index (χ3v) is 14.5. The molecule has 4 aliphatic rings. The van der Waals surface area contributed by atoms with E-state index >= 15 is 0 Å². The molecule has 254 valence electrons. The molecule has 4 heterocycles. The SMILES string of the molecule is CC(=O)OC1c2nc(C(C)C)c3c(c2C(OS(C)(C)C(C)(C)C)CC12CCC2)C1(CCOCC1)OC3c1ccc(C(F)(F)F)cn1. The number of esters is 1. The fourth-order valence-electron chi connectivity index (χ4n) is 7.55. The topological polar surface area (TPSA) is 79.8 Å². The summed E-state index contributed by atoms with van der Waals surface area (Å²) in [6.07, 6.45) is 3.91. The van der Waals surface area contributed by atoms with E-state index in [4.69, 9.17) is 23.4 Å². The quantitative estimate of drug-likeness (QED) is 0.296. The van der Waals surface area contributed by atoms with Crippen molar-refractivity contribution in [2.45, 2.75) is 121 Å². The van der Waals surface area contributed by atoms with Gasteiger partial charge in [0.2, 0.25) is 0 Å². The summed E-state index contributed by atoms with van der Waals surface area (Å²) in [5.74, 6) is -0.401. The summed E-state index contributed by atoms with van der Waals surface area (Å²) in [5.41, 5.74) is 2.83. The van der Waals surface area contributed by atoms with Crippen LogP contribution in [0.1, 0.15) is 144 Å². The van der Waals surface area contributed by atoms with Gasteiger partial charge in [-0.2, -0.15) is 13.2 Å². The minimum atomic E-state index is -4.50. The van der Waals surface area contributed by atoms with Crippen LogP contribution in [0.5, 0.6) is 0 Å². The van der Waals surface area contributed by atoms with Crippen LogP contribution in [0.15, 0.2) is 18.3 Å². The maximum absolute atomic E-state index is 13.5. The van der Waals surface area contributed by atoms with Crippen molar-refractivity contribution < 1.29 is 36.4 Å². The average Bonchev–Trinajstić information content (AvgIpc) is 3.25. The van der Waals surface area contributed by atoms with Crippen molar-refractivity contribution in [3.8, 4) is 0 Å². The van der Waals surface area contributed by atoms with Crippen molar-refractivity contribution in [1.82, 2.24) is 9.97 Å². The number of carbonyl (C=O) groups excluding carboxylic acids is 1. The van der Waals surface area contributed by atoms with E-state index in [1.807, 2.05) is 0 Å². The Bertz CT molecular complexity index is 1490. The number of carbonyl (C=O) groups is 1. The first-order valence-corrected chi connectivity index (χ1v) is 18.7. The Morgan fingerprint density at radius 3 is 2.24 bits per heavy atom. The molecule has 7 nitrogen and oxygen atoms in total. The van der Waals surface area contributed by atoms with Gasteiger partial charge in [-0.25, -0.2) is 0 Å². The summed E-state index contributed by atoms with van der Waals surface area (Å²) >= 11 is 0. The van der Waals surface area contributed by atoms with E-state index in [0.29, 0.717) is 38.2 Å². The highest BCUT2D eigenvalue weighted by Gasteiger charge is 2.59. The van der Waals surface area contributed by atoms with Crippen molar-refractivity contribution in [3.05, 3.63) is 57.7 Å². The van der Waals surface area contributed by atoms with E-state index in [0.717, 1.165) is 59.6 Å². The first kappa shape index (κ1) is 33.7. The molecular formula is C35H47F3N2O5S. The highest BCUT2D eigenvalue weighted by molar-refractivity contribution is 8.29. The molecule has 3 unspecified atom stereocenters. The van der Waals surface area contributed by atoms with Crippen LogP contribution in [0.25, 0.3) is 0 Å². The van der Waals surface area contributed by atoms with Crippen LogP contribution in [0.4, 0.5) is 13.2 Å². The summed E-state index contributed by atoms with van der Waals surface area (Å²) in [4.78, 5) is 22.4. The van der Waals surface area contributed by atoms with Gasteiger partial charge in [0.1, 0.15) is 12.2 Å². The van der Waals surface area contributed by atoms with Crippen LogP contribution < -0.4 is 0 Å². The van der Waals surface area contributed by atoms with E-state index in [9.17, 15) is 18.0 Å². The van der Waals surface area contributed by atoms with Gasteiger partial charge in [0.25, 0.3) is 0 Å². The molecule has 3 atom stereocenters. The molecule has 1 saturated heterocycles. The summed E-state index contributed by atoms with van der Waals surface area (Å²) in [6, 6.07) is 2.49. The van der Waals surface area contributed by atoms with Crippen LogP contribution in [0.2, 0.25) is 0 Å². The summed E-state index contributed by atoms with van der Waals surface area (Å²) < 4.78 is 66.9. The Kier molecular flexibility index (Phi) is 8.38. The van der Waals surface area contributed by atoms with Crippen molar-refractivity contribution in [1.29, 1.82) is 0 Å². The summed E-state index contributed by atoms with van der Waals surface area (Å²) in [6.45, 7) is 13.1. The molecule has 0 amide bonds. The molecule has 0 bridgehead atoms. The predicted octanol–water partition coefficient (Wildman–Crippen LogP) is 8.76. The second kappa shape index (κ2) is 11.4. The zero-order valence-corrected chi connectivity index (χ0v) is 29.0. The van der Waals surface area contributed by atoms with Crippen molar-refractivity contribution >= 4 is 16.3 Å². The smallest absolute Gasteiger partial charge is 0.417 e. The number of fused-ring (bicyclic) bond motifs is 4. The maximum atomic E-state index is 13.5. The van der Waals surface area contributed by atoms with Gasteiger partial charge in [-0.15, -0.1) is 10.3 Å². The van der Waals surface area contributed by atoms with Crippen molar-refractivity contribution in [3.63, 3.8) is 0 Å². The Labute approximate surface area is 271 Å². The zero-order valence-electron chi connectivity index (χ0n) is 28.2. The first-order valence-electron chi connectivity index (χ1n) is 16.3. The second-order valence-corrected chi connectivity index (χ2v) is 19.0. The normalized spacial score (nSPS) is 25.7. The van der Waals surface area contributed by atoms with Crippen LogP contribution in [0.3, 0.4) is 0 Å². The van der Waals surface area contributed by atoms with Gasteiger partial charge in [-0.3, -0.25) is 14.8 Å². The molecule has 2 fully saturated rings. The molecule has 0 aromatic carbocycles. The minimum absolute atomic E-state index is 0.0529. The highest BCUT2D eigenvalue weighted by atomic mass is 32.3. The lowest BCUT2D eigenvalue weighted by molar-refractivity contribution is -0.166. The molecule has 2 spiro atoms. The lowest BCUT2D eigenvalue weighted by Crippen LogP contribution is -2.46. The third-order valence-electron chi connectivity index (χ3n) is 10.8. The number of rotatable bonds is 5. The largest absolute Gasteiger partial charge is 0.455 e. The number of hydrogen-bond acceptors (Lipinski definition) is 7. The maximum Gasteiger partial charge on any atom is 0.417 e. The number of aromatic nitrogens is 2. The van der Waals surface area contributed by atoms with Gasteiger partial charge in [0, 0.05) is 66.2 Å². The number of ether oxygens (including phenoxy) is 3. The highest BCUT2D eigenvalue weighted by Crippen LogP contribution is 2.68. The van der Waals surface area contributed by atoms with Crippen LogP contribution in [0, 0.1) is 5.41 Å². The average molecular weight is 665 g/mol. The Hall–Kier alpha value is -2.21. The first-order chi connectivity index (χ1) is 21.4. The van der Waals surface area contributed by atoms with Gasteiger partial charge in [-0.05, 0) is 55.4 Å². The monoisotopic (exact) mass is 664 g/mol. The van der Waals surface area contributed by atoms with Crippen molar-refractivity contribution in [2.75, 3.05) is 25.7 Å². The van der Waals surface area contributed by atoms with Gasteiger partial charge in [0.05, 0.1) is 28.7 Å². The van der Waals surface area contributed by atoms with Crippen LogP contribution >= 0.6 is 10.3 Å². The van der Waals surface area contributed by atoms with E-state index in [2.05, 4.69) is 52.1 Å². The molecule has 6 rings (SSSR count). The lowest BCUT2D eigenvalue weighted by Gasteiger charge is -2.55. The standard InChI is InChI=1S/C35H47F3N2O5S/c1-20(2)28-26-27(34(14-16-42-17-15-34)44-30(26)23-11-10-22(19-39-23)35(36,37)38)25-24(45-46(7,8)32(4,5)6)18-33(12-9-13-33)31(29(25)40-28)43-21(3)41/h10-11,19-20,24,30-31H,9,12-18H2,1-8H3. The van der Waals surface area contributed by atoms with Gasteiger partial charge < -0.3 is 18.4 Å². The Balaban J connectivity index is 1.64. The van der Waals surface area contributed by atoms with Crippen LogP contribution in [-0.4, -0.2) is 46.4 Å². The summed E-state index contributed by atoms with van der Waals surface area (Å²) in [7, 11) is -1.61. The molecule has 46 heavy (non-hydrogen) atoms. The zero-order chi connectivity index (χ0) is 33.4. The molecular weight excluding hydrogens is 617 g/mol. The molecule has 1 saturated carbocycles. The van der Waals surface area contributed by atoms with E-state index in [1.54, 1.807) is 0 Å². The van der Waals surface area contributed by atoms with Crippen molar-refractivity contribution in [2.24, 2.45) is 5.41 Å². The molecule has 11 heteroatoms. The molecule has 0 radical (unpaired) electrons. The summed E-state index contributed by atoms with van der Waals surface area (Å²) in [5, 5.41) is 0. The number of pyridine rings is 2. The minimum Gasteiger partial charge on any atom is -0.455 e. The fourth-order valence-corrected chi connectivity index (χ4v) is 8.59. The van der Waals surface area contributed by atoms with E-state index in [-0.39, 0.29) is 28.2 Å².